The SMILES string of the molecule is Bc1c2ccccc2c(-c2c(C)cc(C)cc2C)c2ccccc12. The van der Waals surface area contributed by atoms with Gasteiger partial charge >= 0.3 is 0 Å². The minimum atomic E-state index is 1.33. The maximum absolute atomic E-state index is 2.30. The second kappa shape index (κ2) is 5.52. The van der Waals surface area contributed by atoms with Gasteiger partial charge in [0, 0.05) is 0 Å². The van der Waals surface area contributed by atoms with Gasteiger partial charge in [-0.2, -0.15) is 0 Å². The Balaban J connectivity index is 2.28. The average molecular weight is 308 g/mol. The van der Waals surface area contributed by atoms with Gasteiger partial charge in [-0.05, 0) is 64.6 Å². The van der Waals surface area contributed by atoms with Crippen LogP contribution in [0.5, 0.6) is 0 Å². The summed E-state index contributed by atoms with van der Waals surface area (Å²) in [6.45, 7) is 6.65. The van der Waals surface area contributed by atoms with E-state index < -0.39 is 0 Å². The monoisotopic (exact) mass is 308 g/mol. The molecule has 0 spiro atoms. The molecule has 0 amide bonds. The molecule has 0 radical (unpaired) electrons. The lowest BCUT2D eigenvalue weighted by Gasteiger charge is -2.19. The second-order valence-corrected chi connectivity index (χ2v) is 6.86. The molecule has 0 bridgehead atoms. The summed E-state index contributed by atoms with van der Waals surface area (Å²) in [6, 6.07) is 22.2. The van der Waals surface area contributed by atoms with Crippen LogP contribution in [0.2, 0.25) is 0 Å². The van der Waals surface area contributed by atoms with Crippen molar-refractivity contribution < 1.29 is 0 Å². The molecule has 0 aliphatic carbocycles. The van der Waals surface area contributed by atoms with Crippen molar-refractivity contribution in [3.8, 4) is 11.1 Å². The van der Waals surface area contributed by atoms with Crippen LogP contribution in [-0.4, -0.2) is 7.85 Å². The molecule has 1 heteroatoms. The maximum atomic E-state index is 2.30. The number of aryl methyl sites for hydroxylation is 3. The van der Waals surface area contributed by atoms with Gasteiger partial charge < -0.3 is 0 Å². The molecular weight excluding hydrogens is 287 g/mol. The molecule has 0 aliphatic rings. The van der Waals surface area contributed by atoms with Gasteiger partial charge in [0.1, 0.15) is 7.85 Å². The number of benzene rings is 4. The first-order valence-corrected chi connectivity index (χ1v) is 8.56. The van der Waals surface area contributed by atoms with Crippen LogP contribution in [0.4, 0.5) is 0 Å². The number of rotatable bonds is 1. The van der Waals surface area contributed by atoms with Crippen LogP contribution < -0.4 is 5.46 Å². The summed E-state index contributed by atoms with van der Waals surface area (Å²) in [6.07, 6.45) is 0. The Bertz CT molecular complexity index is 1010. The fourth-order valence-electron chi connectivity index (χ4n) is 4.19. The average Bonchev–Trinajstić information content (AvgIpc) is 2.57. The van der Waals surface area contributed by atoms with Gasteiger partial charge in [-0.1, -0.05) is 71.7 Å². The highest BCUT2D eigenvalue weighted by Crippen LogP contribution is 2.38. The van der Waals surface area contributed by atoms with Crippen molar-refractivity contribution in [3.63, 3.8) is 0 Å². The van der Waals surface area contributed by atoms with E-state index in [0.29, 0.717) is 0 Å². The van der Waals surface area contributed by atoms with E-state index in [1.165, 1.54) is 54.8 Å². The Morgan fingerprint density at radius 3 is 1.46 bits per heavy atom. The van der Waals surface area contributed by atoms with Gasteiger partial charge in [-0.15, -0.1) is 0 Å². The third-order valence-electron chi connectivity index (χ3n) is 5.13. The fourth-order valence-corrected chi connectivity index (χ4v) is 4.19. The largest absolute Gasteiger partial charge is 0.140 e. The summed E-state index contributed by atoms with van der Waals surface area (Å²) in [4.78, 5) is 0. The van der Waals surface area contributed by atoms with E-state index in [4.69, 9.17) is 0 Å². The third-order valence-corrected chi connectivity index (χ3v) is 5.13. The van der Waals surface area contributed by atoms with Crippen LogP contribution >= 0.6 is 0 Å². The zero-order chi connectivity index (χ0) is 16.8. The zero-order valence-electron chi connectivity index (χ0n) is 14.8. The molecule has 116 valence electrons. The Hall–Kier alpha value is -2.54. The predicted molar refractivity (Wildman–Crippen MR) is 109 cm³/mol. The van der Waals surface area contributed by atoms with E-state index in [1.807, 2.05) is 0 Å². The second-order valence-electron chi connectivity index (χ2n) is 6.86. The molecule has 4 rings (SSSR count). The van der Waals surface area contributed by atoms with Crippen LogP contribution in [-0.2, 0) is 0 Å². The summed E-state index contributed by atoms with van der Waals surface area (Å²) < 4.78 is 0. The fraction of sp³-hybridized carbons (Fsp3) is 0.130. The highest BCUT2D eigenvalue weighted by Gasteiger charge is 2.15. The lowest BCUT2D eigenvalue weighted by Crippen LogP contribution is -2.07. The van der Waals surface area contributed by atoms with Crippen LogP contribution in [0.15, 0.2) is 60.7 Å². The Labute approximate surface area is 144 Å². The van der Waals surface area contributed by atoms with Crippen LogP contribution in [0, 0.1) is 20.8 Å². The highest BCUT2D eigenvalue weighted by molar-refractivity contribution is 6.46. The molecule has 0 aromatic heterocycles. The normalized spacial score (nSPS) is 11.3. The first kappa shape index (κ1) is 15.0. The van der Waals surface area contributed by atoms with Gasteiger partial charge in [0.15, 0.2) is 0 Å². The van der Waals surface area contributed by atoms with Crippen LogP contribution in [0.3, 0.4) is 0 Å². The molecule has 0 saturated carbocycles. The Kier molecular flexibility index (Phi) is 3.46. The molecule has 4 aromatic rings. The van der Waals surface area contributed by atoms with Crippen molar-refractivity contribution in [1.29, 1.82) is 0 Å². The van der Waals surface area contributed by atoms with E-state index in [0.717, 1.165) is 0 Å². The molecule has 0 nitrogen and oxygen atoms in total. The molecular formula is C23H21B. The standard InChI is InChI=1S/C23H21B/c1-14-12-15(2)21(16(3)13-14)22-17-8-4-6-10-19(17)23(24)20-11-7-5-9-18(20)22/h4-13H,24H2,1-3H3. The summed E-state index contributed by atoms with van der Waals surface area (Å²) in [5, 5.41) is 5.41. The van der Waals surface area contributed by atoms with Gasteiger partial charge in [0.2, 0.25) is 0 Å². The molecule has 0 fully saturated rings. The smallest absolute Gasteiger partial charge is 0.0735 e. The van der Waals surface area contributed by atoms with Gasteiger partial charge in [0.25, 0.3) is 0 Å². The Morgan fingerprint density at radius 2 is 1.00 bits per heavy atom. The van der Waals surface area contributed by atoms with Crippen molar-refractivity contribution in [3.05, 3.63) is 77.4 Å². The van der Waals surface area contributed by atoms with Crippen molar-refractivity contribution in [2.75, 3.05) is 0 Å². The van der Waals surface area contributed by atoms with Gasteiger partial charge in [-0.25, -0.2) is 0 Å². The highest BCUT2D eigenvalue weighted by atomic mass is 14.2. The topological polar surface area (TPSA) is 0 Å². The first-order chi connectivity index (χ1) is 11.6. The lowest BCUT2D eigenvalue weighted by atomic mass is 9.79. The van der Waals surface area contributed by atoms with E-state index in [1.54, 1.807) is 0 Å². The molecule has 0 unspecified atom stereocenters. The van der Waals surface area contributed by atoms with Crippen molar-refractivity contribution in [2.24, 2.45) is 0 Å². The van der Waals surface area contributed by atoms with E-state index in [9.17, 15) is 0 Å². The van der Waals surface area contributed by atoms with Crippen molar-refractivity contribution >= 4 is 34.9 Å². The number of hydrogen-bond acceptors (Lipinski definition) is 0. The summed E-state index contributed by atoms with van der Waals surface area (Å²) >= 11 is 0. The van der Waals surface area contributed by atoms with Crippen LogP contribution in [0.25, 0.3) is 32.7 Å². The van der Waals surface area contributed by atoms with Crippen molar-refractivity contribution in [1.82, 2.24) is 0 Å². The predicted octanol–water partition coefficient (Wildman–Crippen LogP) is 4.84. The quantitative estimate of drug-likeness (QED) is 0.348. The molecule has 0 atom stereocenters. The molecule has 0 saturated heterocycles. The first-order valence-electron chi connectivity index (χ1n) is 8.56. The molecule has 0 aliphatic heterocycles. The molecule has 0 heterocycles. The number of hydrogen-bond donors (Lipinski definition) is 0. The van der Waals surface area contributed by atoms with Gasteiger partial charge in [0.05, 0.1) is 0 Å². The Morgan fingerprint density at radius 1 is 0.583 bits per heavy atom. The summed E-state index contributed by atoms with van der Waals surface area (Å²) in [5.41, 5.74) is 8.16. The minimum absolute atomic E-state index is 1.33. The van der Waals surface area contributed by atoms with Crippen LogP contribution in [0.1, 0.15) is 16.7 Å². The van der Waals surface area contributed by atoms with Gasteiger partial charge in [-0.3, -0.25) is 0 Å². The summed E-state index contributed by atoms with van der Waals surface area (Å²) in [5.74, 6) is 0. The lowest BCUT2D eigenvalue weighted by molar-refractivity contribution is 1.33. The van der Waals surface area contributed by atoms with Crippen molar-refractivity contribution in [2.45, 2.75) is 20.8 Å². The summed E-state index contributed by atoms with van der Waals surface area (Å²) in [7, 11) is 2.24. The van der Waals surface area contributed by atoms with E-state index >= 15 is 0 Å². The molecule has 24 heavy (non-hydrogen) atoms. The zero-order valence-corrected chi connectivity index (χ0v) is 14.8. The van der Waals surface area contributed by atoms with E-state index in [2.05, 4.69) is 89.3 Å². The number of fused-ring (bicyclic) bond motifs is 2. The van der Waals surface area contributed by atoms with E-state index in [-0.39, 0.29) is 0 Å². The third kappa shape index (κ3) is 2.16. The molecule has 4 aromatic carbocycles. The minimum Gasteiger partial charge on any atom is -0.0735 e. The molecule has 0 N–H and O–H groups in total. The maximum Gasteiger partial charge on any atom is 0.140 e.